The van der Waals surface area contributed by atoms with Crippen LogP contribution < -0.4 is 0 Å². The van der Waals surface area contributed by atoms with Crippen LogP contribution in [0.2, 0.25) is 5.15 Å². The topological polar surface area (TPSA) is 4.41 Å². The molecule has 2 aromatic rings. The van der Waals surface area contributed by atoms with Crippen molar-refractivity contribution in [1.82, 2.24) is 4.40 Å². The Kier molecular flexibility index (Phi) is 2.04. The van der Waals surface area contributed by atoms with Gasteiger partial charge in [0.2, 0.25) is 0 Å². The predicted molar refractivity (Wildman–Crippen MR) is 56.5 cm³/mol. The van der Waals surface area contributed by atoms with Crippen molar-refractivity contribution in [2.75, 3.05) is 0 Å². The highest BCUT2D eigenvalue weighted by Gasteiger charge is 2.04. The summed E-state index contributed by atoms with van der Waals surface area (Å²) in [5.41, 5.74) is 2.49. The monoisotopic (exact) mass is 193 g/mol. The first-order chi connectivity index (χ1) is 6.18. The Balaban J connectivity index is 2.68. The summed E-state index contributed by atoms with van der Waals surface area (Å²) in [7, 11) is 0. The molecule has 0 N–H and O–H groups in total. The van der Waals surface area contributed by atoms with E-state index in [2.05, 4.69) is 32.2 Å². The van der Waals surface area contributed by atoms with Gasteiger partial charge in [-0.3, -0.25) is 0 Å². The molecule has 0 fully saturated rings. The van der Waals surface area contributed by atoms with Crippen LogP contribution in [0.3, 0.4) is 0 Å². The largest absolute Gasteiger partial charge is 0.307 e. The molecule has 0 unspecified atom stereocenters. The van der Waals surface area contributed by atoms with E-state index >= 15 is 0 Å². The second kappa shape index (κ2) is 3.08. The zero-order valence-electron chi connectivity index (χ0n) is 7.79. The maximum absolute atomic E-state index is 6.04. The lowest BCUT2D eigenvalue weighted by atomic mass is 10.1. The van der Waals surface area contributed by atoms with Crippen molar-refractivity contribution in [1.29, 1.82) is 0 Å². The smallest absolute Gasteiger partial charge is 0.113 e. The molecule has 0 saturated carbocycles. The number of rotatable bonds is 1. The summed E-state index contributed by atoms with van der Waals surface area (Å²) < 4.78 is 2.01. The molecule has 0 aromatic carbocycles. The first-order valence-corrected chi connectivity index (χ1v) is 4.83. The second-order valence-corrected chi connectivity index (χ2v) is 3.96. The van der Waals surface area contributed by atoms with Gasteiger partial charge in [-0.1, -0.05) is 31.5 Å². The fourth-order valence-corrected chi connectivity index (χ4v) is 1.66. The van der Waals surface area contributed by atoms with Crippen LogP contribution in [0, 0.1) is 0 Å². The number of hydrogen-bond donors (Lipinski definition) is 0. The van der Waals surface area contributed by atoms with Gasteiger partial charge in [0.1, 0.15) is 5.15 Å². The molecule has 2 heteroatoms. The van der Waals surface area contributed by atoms with E-state index in [0.29, 0.717) is 5.92 Å². The minimum absolute atomic E-state index is 0.552. The molecule has 68 valence electrons. The first-order valence-electron chi connectivity index (χ1n) is 4.45. The van der Waals surface area contributed by atoms with Crippen molar-refractivity contribution >= 4 is 17.1 Å². The van der Waals surface area contributed by atoms with E-state index in [-0.39, 0.29) is 0 Å². The normalized spacial score (nSPS) is 11.4. The van der Waals surface area contributed by atoms with Gasteiger partial charge in [-0.25, -0.2) is 0 Å². The summed E-state index contributed by atoms with van der Waals surface area (Å²) in [6.45, 7) is 4.37. The molecule has 0 aliphatic rings. The molecule has 0 amide bonds. The highest BCUT2D eigenvalue weighted by atomic mass is 35.5. The maximum Gasteiger partial charge on any atom is 0.113 e. The molecule has 1 nitrogen and oxygen atoms in total. The summed E-state index contributed by atoms with van der Waals surface area (Å²) in [6.07, 6.45) is 2.10. The third-order valence-corrected chi connectivity index (χ3v) is 2.58. The Labute approximate surface area is 82.9 Å². The Morgan fingerprint density at radius 3 is 2.69 bits per heavy atom. The molecular formula is C11H12ClN. The second-order valence-electron chi connectivity index (χ2n) is 3.57. The van der Waals surface area contributed by atoms with Crippen molar-refractivity contribution in [3.8, 4) is 0 Å². The fraction of sp³-hybridized carbons (Fsp3) is 0.273. The Hall–Kier alpha value is -0.950. The van der Waals surface area contributed by atoms with Crippen LogP contribution >= 0.6 is 11.6 Å². The summed E-state index contributed by atoms with van der Waals surface area (Å²) in [6, 6.07) is 8.12. The van der Waals surface area contributed by atoms with Crippen molar-refractivity contribution < 1.29 is 0 Å². The lowest BCUT2D eigenvalue weighted by Gasteiger charge is -1.97. The zero-order chi connectivity index (χ0) is 9.42. The van der Waals surface area contributed by atoms with Gasteiger partial charge in [0, 0.05) is 11.7 Å². The lowest BCUT2D eigenvalue weighted by Crippen LogP contribution is -1.83. The molecule has 13 heavy (non-hydrogen) atoms. The molecule has 2 aromatic heterocycles. The quantitative estimate of drug-likeness (QED) is 0.609. The van der Waals surface area contributed by atoms with E-state index < -0.39 is 0 Å². The third-order valence-electron chi connectivity index (χ3n) is 2.27. The molecule has 0 atom stereocenters. The molecule has 0 saturated heterocycles. The zero-order valence-corrected chi connectivity index (χ0v) is 8.55. The van der Waals surface area contributed by atoms with Crippen molar-refractivity contribution in [3.63, 3.8) is 0 Å². The van der Waals surface area contributed by atoms with E-state index in [1.54, 1.807) is 0 Å². The average molecular weight is 194 g/mol. The van der Waals surface area contributed by atoms with E-state index in [1.807, 2.05) is 16.5 Å². The molecule has 0 aliphatic carbocycles. The van der Waals surface area contributed by atoms with Gasteiger partial charge in [0.25, 0.3) is 0 Å². The average Bonchev–Trinajstić information content (AvgIpc) is 2.49. The van der Waals surface area contributed by atoms with Crippen LogP contribution in [0.1, 0.15) is 25.3 Å². The van der Waals surface area contributed by atoms with E-state index in [0.717, 1.165) is 10.7 Å². The number of fused-ring (bicyclic) bond motifs is 1. The molecule has 2 heterocycles. The fourth-order valence-electron chi connectivity index (χ4n) is 1.44. The van der Waals surface area contributed by atoms with Crippen molar-refractivity contribution in [2.45, 2.75) is 19.8 Å². The van der Waals surface area contributed by atoms with Gasteiger partial charge in [-0.2, -0.15) is 0 Å². The molecule has 2 rings (SSSR count). The van der Waals surface area contributed by atoms with Gasteiger partial charge in [-0.05, 0) is 29.7 Å². The Bertz CT molecular complexity index is 429. The van der Waals surface area contributed by atoms with Gasteiger partial charge in [0.05, 0.1) is 0 Å². The van der Waals surface area contributed by atoms with E-state index in [1.165, 1.54) is 5.56 Å². The SMILES string of the molecule is CC(C)c1cc2cccc(Cl)n2c1. The van der Waals surface area contributed by atoms with Gasteiger partial charge < -0.3 is 4.40 Å². The first kappa shape index (κ1) is 8.64. The highest BCUT2D eigenvalue weighted by Crippen LogP contribution is 2.21. The van der Waals surface area contributed by atoms with E-state index in [9.17, 15) is 0 Å². The Morgan fingerprint density at radius 2 is 2.08 bits per heavy atom. The number of aromatic nitrogens is 1. The molecular weight excluding hydrogens is 182 g/mol. The summed E-state index contributed by atoms with van der Waals surface area (Å²) in [4.78, 5) is 0. The van der Waals surface area contributed by atoms with Crippen molar-refractivity contribution in [3.05, 3.63) is 41.2 Å². The number of nitrogens with zero attached hydrogens (tertiary/aromatic N) is 1. The minimum atomic E-state index is 0.552. The molecule has 0 aliphatic heterocycles. The van der Waals surface area contributed by atoms with Crippen LogP contribution in [0.4, 0.5) is 0 Å². The van der Waals surface area contributed by atoms with Crippen LogP contribution in [-0.4, -0.2) is 4.40 Å². The number of pyridine rings is 1. The van der Waals surface area contributed by atoms with Crippen LogP contribution in [-0.2, 0) is 0 Å². The van der Waals surface area contributed by atoms with Gasteiger partial charge in [0.15, 0.2) is 0 Å². The van der Waals surface area contributed by atoms with Gasteiger partial charge >= 0.3 is 0 Å². The molecule has 0 radical (unpaired) electrons. The van der Waals surface area contributed by atoms with Crippen LogP contribution in [0.25, 0.3) is 5.52 Å². The van der Waals surface area contributed by atoms with Crippen molar-refractivity contribution in [2.24, 2.45) is 0 Å². The summed E-state index contributed by atoms with van der Waals surface area (Å²) in [5, 5.41) is 0.768. The Morgan fingerprint density at radius 1 is 1.31 bits per heavy atom. The highest BCUT2D eigenvalue weighted by molar-refractivity contribution is 6.29. The molecule has 0 spiro atoms. The van der Waals surface area contributed by atoms with Gasteiger partial charge in [-0.15, -0.1) is 0 Å². The third kappa shape index (κ3) is 1.44. The predicted octanol–water partition coefficient (Wildman–Crippen LogP) is 3.72. The van der Waals surface area contributed by atoms with Crippen LogP contribution in [0.5, 0.6) is 0 Å². The number of hydrogen-bond acceptors (Lipinski definition) is 0. The maximum atomic E-state index is 6.04. The standard InChI is InChI=1S/C11H12ClN/c1-8(2)9-6-10-4-3-5-11(12)13(10)7-9/h3-8H,1-2H3. The molecule has 0 bridgehead atoms. The van der Waals surface area contributed by atoms with Crippen LogP contribution in [0.15, 0.2) is 30.5 Å². The summed E-state index contributed by atoms with van der Waals surface area (Å²) in [5.74, 6) is 0.552. The lowest BCUT2D eigenvalue weighted by molar-refractivity contribution is 0.866. The minimum Gasteiger partial charge on any atom is -0.307 e. The van der Waals surface area contributed by atoms with E-state index in [4.69, 9.17) is 11.6 Å². The summed E-state index contributed by atoms with van der Waals surface area (Å²) >= 11 is 6.04. The number of halogens is 1.